The van der Waals surface area contributed by atoms with Crippen LogP contribution in [-0.2, 0) is 10.8 Å². The van der Waals surface area contributed by atoms with Crippen LogP contribution in [0.2, 0.25) is 0 Å². The molecule has 2 aliphatic carbocycles. The molecule has 0 radical (unpaired) electrons. The largest absolute Gasteiger partial charge is 0.457 e. The van der Waals surface area contributed by atoms with Crippen LogP contribution in [0.3, 0.4) is 0 Å². The first kappa shape index (κ1) is 33.0. The van der Waals surface area contributed by atoms with E-state index in [9.17, 15) is 0 Å². The van der Waals surface area contributed by atoms with Crippen molar-refractivity contribution in [2.24, 2.45) is 0 Å². The van der Waals surface area contributed by atoms with Crippen LogP contribution in [0.5, 0.6) is 11.5 Å². The van der Waals surface area contributed by atoms with Gasteiger partial charge >= 0.3 is 0 Å². The number of nitrogens with zero attached hydrogens (tertiary/aromatic N) is 1. The Kier molecular flexibility index (Phi) is 7.47. The first-order valence-corrected chi connectivity index (χ1v) is 19.2. The molecule has 1 spiro atoms. The molecule has 10 rings (SSSR count). The quantitative estimate of drug-likeness (QED) is 0.171. The SMILES string of the molecule is C=CC1=C(/C=C\C)c2ccc(N(c3ccc(-c4ccccc4)cc3)c3cccc4c3-c3ccccc3C43c4ccccc4Oc4ccccc43)cc2C1(C)C. The van der Waals surface area contributed by atoms with Crippen LogP contribution >= 0.6 is 0 Å². The molecule has 55 heavy (non-hydrogen) atoms. The van der Waals surface area contributed by atoms with Crippen molar-refractivity contribution in [2.45, 2.75) is 31.6 Å². The molecule has 0 saturated heterocycles. The van der Waals surface area contributed by atoms with Crippen molar-refractivity contribution < 1.29 is 4.74 Å². The predicted molar refractivity (Wildman–Crippen MR) is 229 cm³/mol. The van der Waals surface area contributed by atoms with Gasteiger partial charge in [-0.05, 0) is 99.5 Å². The highest BCUT2D eigenvalue weighted by Crippen LogP contribution is 2.64. The van der Waals surface area contributed by atoms with Gasteiger partial charge in [0.25, 0.3) is 0 Å². The van der Waals surface area contributed by atoms with Crippen molar-refractivity contribution in [1.82, 2.24) is 0 Å². The van der Waals surface area contributed by atoms with E-state index in [2.05, 4.69) is 208 Å². The van der Waals surface area contributed by atoms with Crippen LogP contribution < -0.4 is 9.64 Å². The number of anilines is 3. The van der Waals surface area contributed by atoms with Crippen LogP contribution in [-0.4, -0.2) is 0 Å². The van der Waals surface area contributed by atoms with Gasteiger partial charge in [0.2, 0.25) is 0 Å². The van der Waals surface area contributed by atoms with E-state index in [-0.39, 0.29) is 5.41 Å². The molecule has 2 heteroatoms. The van der Waals surface area contributed by atoms with E-state index < -0.39 is 5.41 Å². The summed E-state index contributed by atoms with van der Waals surface area (Å²) in [7, 11) is 0. The lowest BCUT2D eigenvalue weighted by atomic mass is 9.66. The Morgan fingerprint density at radius 3 is 1.84 bits per heavy atom. The zero-order valence-electron chi connectivity index (χ0n) is 31.4. The average Bonchev–Trinajstić information content (AvgIpc) is 3.64. The van der Waals surface area contributed by atoms with Crippen molar-refractivity contribution in [3.63, 3.8) is 0 Å². The molecular weight excluding hydrogens is 667 g/mol. The monoisotopic (exact) mass is 707 g/mol. The molecule has 0 amide bonds. The minimum atomic E-state index is -0.555. The molecule has 264 valence electrons. The van der Waals surface area contributed by atoms with Gasteiger partial charge < -0.3 is 9.64 Å². The Labute approximate surface area is 324 Å². The van der Waals surface area contributed by atoms with Gasteiger partial charge in [0.1, 0.15) is 11.5 Å². The zero-order chi connectivity index (χ0) is 37.3. The average molecular weight is 708 g/mol. The maximum absolute atomic E-state index is 6.64. The van der Waals surface area contributed by atoms with Crippen molar-refractivity contribution in [3.05, 3.63) is 228 Å². The summed E-state index contributed by atoms with van der Waals surface area (Å²) >= 11 is 0. The van der Waals surface area contributed by atoms with Gasteiger partial charge in [-0.3, -0.25) is 0 Å². The number of allylic oxidation sites excluding steroid dienone is 5. The van der Waals surface area contributed by atoms with Gasteiger partial charge in [-0.2, -0.15) is 0 Å². The Hall–Kier alpha value is -6.64. The lowest BCUT2D eigenvalue weighted by Gasteiger charge is -2.39. The third-order valence-corrected chi connectivity index (χ3v) is 12.0. The molecule has 1 aliphatic heterocycles. The van der Waals surface area contributed by atoms with E-state index >= 15 is 0 Å². The maximum Gasteiger partial charge on any atom is 0.132 e. The summed E-state index contributed by atoms with van der Waals surface area (Å²) in [6.07, 6.45) is 6.40. The summed E-state index contributed by atoms with van der Waals surface area (Å²) in [6.45, 7) is 11.0. The first-order valence-electron chi connectivity index (χ1n) is 19.2. The van der Waals surface area contributed by atoms with Gasteiger partial charge in [0.05, 0.1) is 11.1 Å². The highest BCUT2D eigenvalue weighted by molar-refractivity contribution is 5.99. The molecule has 3 aliphatic rings. The highest BCUT2D eigenvalue weighted by atomic mass is 16.5. The van der Waals surface area contributed by atoms with E-state index in [0.717, 1.165) is 39.7 Å². The number of ether oxygens (including phenoxy) is 1. The van der Waals surface area contributed by atoms with Crippen molar-refractivity contribution in [3.8, 4) is 33.8 Å². The summed E-state index contributed by atoms with van der Waals surface area (Å²) in [4.78, 5) is 2.47. The second kappa shape index (κ2) is 12.5. The fourth-order valence-corrected chi connectivity index (χ4v) is 9.69. The first-order chi connectivity index (χ1) is 27.0. The second-order valence-electron chi connectivity index (χ2n) is 15.2. The molecule has 1 heterocycles. The van der Waals surface area contributed by atoms with Crippen LogP contribution in [0.4, 0.5) is 17.1 Å². The number of rotatable bonds is 6. The Bertz CT molecular complexity index is 2680. The zero-order valence-corrected chi connectivity index (χ0v) is 31.4. The van der Waals surface area contributed by atoms with Crippen LogP contribution in [0, 0.1) is 0 Å². The molecule has 2 nitrogen and oxygen atoms in total. The van der Waals surface area contributed by atoms with E-state index in [0.29, 0.717) is 0 Å². The van der Waals surface area contributed by atoms with Gasteiger partial charge in [-0.1, -0.05) is 160 Å². The van der Waals surface area contributed by atoms with Crippen LogP contribution in [0.1, 0.15) is 54.2 Å². The van der Waals surface area contributed by atoms with E-state index in [1.165, 1.54) is 55.7 Å². The fraction of sp³-hybridized carbons (Fsp3) is 0.0943. The lowest BCUT2D eigenvalue weighted by molar-refractivity contribution is 0.436. The van der Waals surface area contributed by atoms with E-state index in [1.807, 2.05) is 6.08 Å². The maximum atomic E-state index is 6.64. The number of fused-ring (bicyclic) bond motifs is 10. The second-order valence-corrected chi connectivity index (χ2v) is 15.2. The third kappa shape index (κ3) is 4.68. The van der Waals surface area contributed by atoms with Gasteiger partial charge in [-0.15, -0.1) is 0 Å². The van der Waals surface area contributed by atoms with Gasteiger partial charge in [0, 0.05) is 33.5 Å². The molecule has 0 fully saturated rings. The van der Waals surface area contributed by atoms with Crippen molar-refractivity contribution in [1.29, 1.82) is 0 Å². The molecule has 0 atom stereocenters. The van der Waals surface area contributed by atoms with Gasteiger partial charge in [-0.25, -0.2) is 0 Å². The predicted octanol–water partition coefficient (Wildman–Crippen LogP) is 14.1. The number of hydrogen-bond acceptors (Lipinski definition) is 2. The smallest absolute Gasteiger partial charge is 0.132 e. The Morgan fingerprint density at radius 2 is 1.15 bits per heavy atom. The number of para-hydroxylation sites is 2. The molecule has 0 bridgehead atoms. The number of benzene rings is 7. The van der Waals surface area contributed by atoms with Crippen molar-refractivity contribution >= 4 is 22.6 Å². The standard InChI is InChI=1S/C53H41NO/c1-5-17-39-40-33-32-38(34-47(40)52(3,4)42(39)6-2)54(37-30-28-36(29-31-37)35-18-8-7-9-19-35)48-25-16-24-46-51(48)41-20-10-11-21-43(41)53(46)44-22-12-14-26-49(44)55-50-27-15-13-23-45(50)53/h5-34H,2H2,1,3-4H3/b17-5-. The third-order valence-electron chi connectivity index (χ3n) is 12.0. The summed E-state index contributed by atoms with van der Waals surface area (Å²) in [5, 5.41) is 0. The molecule has 0 N–H and O–H groups in total. The minimum absolute atomic E-state index is 0.213. The van der Waals surface area contributed by atoms with E-state index in [4.69, 9.17) is 4.74 Å². The van der Waals surface area contributed by atoms with Crippen LogP contribution in [0.15, 0.2) is 194 Å². The molecule has 0 aromatic heterocycles. The summed E-state index contributed by atoms with van der Waals surface area (Å²) in [5.41, 5.74) is 17.4. The fourth-order valence-electron chi connectivity index (χ4n) is 9.69. The summed E-state index contributed by atoms with van der Waals surface area (Å²) in [6, 6.07) is 59.7. The number of hydrogen-bond donors (Lipinski definition) is 0. The van der Waals surface area contributed by atoms with Crippen LogP contribution in [0.25, 0.3) is 27.8 Å². The lowest BCUT2D eigenvalue weighted by Crippen LogP contribution is -2.32. The Morgan fingerprint density at radius 1 is 0.545 bits per heavy atom. The summed E-state index contributed by atoms with van der Waals surface area (Å²) < 4.78 is 6.64. The summed E-state index contributed by atoms with van der Waals surface area (Å²) in [5.74, 6) is 1.79. The molecule has 0 saturated carbocycles. The molecule has 7 aromatic rings. The van der Waals surface area contributed by atoms with Gasteiger partial charge in [0.15, 0.2) is 0 Å². The minimum Gasteiger partial charge on any atom is -0.457 e. The van der Waals surface area contributed by atoms with E-state index in [1.54, 1.807) is 0 Å². The molecule has 0 unspecified atom stereocenters. The Balaban J connectivity index is 1.25. The topological polar surface area (TPSA) is 12.5 Å². The molecule has 7 aromatic carbocycles. The molecular formula is C53H41NO. The normalized spacial score (nSPS) is 15.2. The highest BCUT2D eigenvalue weighted by Gasteiger charge is 2.52. The van der Waals surface area contributed by atoms with Crippen molar-refractivity contribution in [2.75, 3.05) is 4.90 Å².